The lowest BCUT2D eigenvalue weighted by atomic mass is 9.94. The van der Waals surface area contributed by atoms with Gasteiger partial charge in [-0.25, -0.2) is 0 Å². The zero-order valence-corrected chi connectivity index (χ0v) is 9.67. The number of rotatable bonds is 0. The van der Waals surface area contributed by atoms with Crippen molar-refractivity contribution in [2.45, 2.75) is 40.2 Å². The highest BCUT2D eigenvalue weighted by molar-refractivity contribution is 5.81. The first-order chi connectivity index (χ1) is 6.43. The number of carbonyl (C=O) groups is 1. The molecular formula is C11H21NO2. The highest BCUT2D eigenvalue weighted by Gasteiger charge is 2.30. The number of amides is 1. The summed E-state index contributed by atoms with van der Waals surface area (Å²) in [4.78, 5) is 14.0. The first-order valence-corrected chi connectivity index (χ1v) is 5.32. The lowest BCUT2D eigenvalue weighted by molar-refractivity contribution is -0.141. The predicted molar refractivity (Wildman–Crippen MR) is 56.1 cm³/mol. The minimum atomic E-state index is -0.279. The van der Waals surface area contributed by atoms with E-state index in [-0.39, 0.29) is 17.4 Å². The van der Waals surface area contributed by atoms with Gasteiger partial charge in [0.25, 0.3) is 0 Å². The molecular weight excluding hydrogens is 178 g/mol. The topological polar surface area (TPSA) is 29.5 Å². The molecule has 0 aliphatic carbocycles. The quantitative estimate of drug-likeness (QED) is 0.594. The zero-order valence-electron chi connectivity index (χ0n) is 9.67. The Kier molecular flexibility index (Phi) is 3.53. The van der Waals surface area contributed by atoms with Gasteiger partial charge in [-0.3, -0.25) is 4.79 Å². The minimum absolute atomic E-state index is 0.212. The van der Waals surface area contributed by atoms with Crippen LogP contribution in [0.25, 0.3) is 0 Å². The van der Waals surface area contributed by atoms with Crippen LogP contribution in [0.5, 0.6) is 0 Å². The van der Waals surface area contributed by atoms with Crippen molar-refractivity contribution in [1.82, 2.24) is 4.90 Å². The predicted octanol–water partition coefficient (Wildman–Crippen LogP) is 1.67. The Morgan fingerprint density at radius 1 is 1.43 bits per heavy atom. The van der Waals surface area contributed by atoms with Crippen molar-refractivity contribution in [2.24, 2.45) is 5.41 Å². The lowest BCUT2D eigenvalue weighted by Gasteiger charge is -2.32. The summed E-state index contributed by atoms with van der Waals surface area (Å²) in [6.07, 6.45) is 0.951. The van der Waals surface area contributed by atoms with Gasteiger partial charge in [-0.15, -0.1) is 0 Å². The molecule has 1 fully saturated rings. The van der Waals surface area contributed by atoms with Crippen molar-refractivity contribution in [2.75, 3.05) is 19.8 Å². The molecule has 0 aromatic rings. The third-order valence-corrected chi connectivity index (χ3v) is 2.48. The van der Waals surface area contributed by atoms with Gasteiger partial charge in [0.1, 0.15) is 0 Å². The normalized spacial score (nSPS) is 24.6. The molecule has 3 heteroatoms. The van der Waals surface area contributed by atoms with Crippen LogP contribution in [0.1, 0.15) is 34.1 Å². The third-order valence-electron chi connectivity index (χ3n) is 2.48. The molecule has 0 N–H and O–H groups in total. The second-order valence-corrected chi connectivity index (χ2v) is 5.03. The van der Waals surface area contributed by atoms with E-state index in [0.29, 0.717) is 6.61 Å². The number of nitrogens with zero attached hydrogens (tertiary/aromatic N) is 1. The van der Waals surface area contributed by atoms with E-state index in [1.807, 2.05) is 25.7 Å². The summed E-state index contributed by atoms with van der Waals surface area (Å²) in [5, 5.41) is 0. The smallest absolute Gasteiger partial charge is 0.228 e. The van der Waals surface area contributed by atoms with Crippen LogP contribution in [-0.2, 0) is 9.53 Å². The van der Waals surface area contributed by atoms with Crippen molar-refractivity contribution in [3.05, 3.63) is 0 Å². The Balaban J connectivity index is 2.69. The first kappa shape index (κ1) is 11.5. The highest BCUT2D eigenvalue weighted by Crippen LogP contribution is 2.20. The van der Waals surface area contributed by atoms with Crippen LogP contribution in [0.2, 0.25) is 0 Å². The van der Waals surface area contributed by atoms with E-state index < -0.39 is 0 Å². The molecule has 1 aliphatic heterocycles. The molecule has 1 unspecified atom stereocenters. The molecule has 1 aliphatic rings. The van der Waals surface area contributed by atoms with E-state index in [9.17, 15) is 4.79 Å². The Bertz CT molecular complexity index is 208. The third kappa shape index (κ3) is 2.71. The summed E-state index contributed by atoms with van der Waals surface area (Å²) < 4.78 is 5.41. The van der Waals surface area contributed by atoms with Gasteiger partial charge in [0, 0.05) is 18.6 Å². The molecule has 82 valence electrons. The molecule has 1 heterocycles. The zero-order chi connectivity index (χ0) is 10.8. The SMILES string of the molecule is CC1COCCCN1C(=O)C(C)(C)C. The largest absolute Gasteiger partial charge is 0.379 e. The van der Waals surface area contributed by atoms with E-state index >= 15 is 0 Å². The summed E-state index contributed by atoms with van der Waals surface area (Å²) in [7, 11) is 0. The summed E-state index contributed by atoms with van der Waals surface area (Å²) in [5.41, 5.74) is -0.279. The molecule has 0 bridgehead atoms. The number of hydrogen-bond donors (Lipinski definition) is 0. The molecule has 1 saturated heterocycles. The van der Waals surface area contributed by atoms with Crippen LogP contribution in [0.3, 0.4) is 0 Å². The van der Waals surface area contributed by atoms with Gasteiger partial charge in [0.15, 0.2) is 0 Å². The van der Waals surface area contributed by atoms with Gasteiger partial charge in [0.2, 0.25) is 5.91 Å². The van der Waals surface area contributed by atoms with Crippen molar-refractivity contribution in [3.8, 4) is 0 Å². The minimum Gasteiger partial charge on any atom is -0.379 e. The molecule has 1 amide bonds. The van der Waals surface area contributed by atoms with Crippen LogP contribution in [0.15, 0.2) is 0 Å². The average molecular weight is 199 g/mol. The van der Waals surface area contributed by atoms with Crippen molar-refractivity contribution >= 4 is 5.91 Å². The maximum atomic E-state index is 12.1. The molecule has 14 heavy (non-hydrogen) atoms. The fraction of sp³-hybridized carbons (Fsp3) is 0.909. The van der Waals surface area contributed by atoms with E-state index in [4.69, 9.17) is 4.74 Å². The van der Waals surface area contributed by atoms with Crippen molar-refractivity contribution < 1.29 is 9.53 Å². The standard InChI is InChI=1S/C11H21NO2/c1-9-8-14-7-5-6-12(9)10(13)11(2,3)4/h9H,5-8H2,1-4H3. The van der Waals surface area contributed by atoms with Gasteiger partial charge in [0.05, 0.1) is 12.6 Å². The fourth-order valence-electron chi connectivity index (χ4n) is 1.63. The van der Waals surface area contributed by atoms with Gasteiger partial charge < -0.3 is 9.64 Å². The van der Waals surface area contributed by atoms with Crippen LogP contribution < -0.4 is 0 Å². The molecule has 0 spiro atoms. The van der Waals surface area contributed by atoms with E-state index in [1.54, 1.807) is 0 Å². The highest BCUT2D eigenvalue weighted by atomic mass is 16.5. The number of carbonyl (C=O) groups excluding carboxylic acids is 1. The first-order valence-electron chi connectivity index (χ1n) is 5.32. The fourth-order valence-corrected chi connectivity index (χ4v) is 1.63. The van der Waals surface area contributed by atoms with E-state index in [1.165, 1.54) is 0 Å². The molecule has 0 aromatic carbocycles. The molecule has 1 rings (SSSR count). The molecule has 0 radical (unpaired) electrons. The summed E-state index contributed by atoms with van der Waals surface area (Å²) >= 11 is 0. The van der Waals surface area contributed by atoms with Crippen LogP contribution in [0, 0.1) is 5.41 Å². The second kappa shape index (κ2) is 4.30. The van der Waals surface area contributed by atoms with Crippen molar-refractivity contribution in [1.29, 1.82) is 0 Å². The Morgan fingerprint density at radius 3 is 2.64 bits per heavy atom. The Hall–Kier alpha value is -0.570. The molecule has 3 nitrogen and oxygen atoms in total. The molecule has 0 saturated carbocycles. The maximum Gasteiger partial charge on any atom is 0.228 e. The number of ether oxygens (including phenoxy) is 1. The van der Waals surface area contributed by atoms with Crippen molar-refractivity contribution in [3.63, 3.8) is 0 Å². The van der Waals surface area contributed by atoms with Gasteiger partial charge in [-0.05, 0) is 13.3 Å². The molecule has 1 atom stereocenters. The molecule has 0 aromatic heterocycles. The monoisotopic (exact) mass is 199 g/mol. The second-order valence-electron chi connectivity index (χ2n) is 5.03. The van der Waals surface area contributed by atoms with Gasteiger partial charge in [-0.1, -0.05) is 20.8 Å². The van der Waals surface area contributed by atoms with Gasteiger partial charge in [-0.2, -0.15) is 0 Å². The van der Waals surface area contributed by atoms with Gasteiger partial charge >= 0.3 is 0 Å². The number of hydrogen-bond acceptors (Lipinski definition) is 2. The summed E-state index contributed by atoms with van der Waals surface area (Å²) in [5.74, 6) is 0.232. The summed E-state index contributed by atoms with van der Waals surface area (Å²) in [6, 6.07) is 0.212. The lowest BCUT2D eigenvalue weighted by Crippen LogP contribution is -2.45. The van der Waals surface area contributed by atoms with Crippen LogP contribution in [0.4, 0.5) is 0 Å². The van der Waals surface area contributed by atoms with E-state index in [0.717, 1.165) is 19.6 Å². The summed E-state index contributed by atoms with van der Waals surface area (Å²) in [6.45, 7) is 10.2. The van der Waals surface area contributed by atoms with E-state index in [2.05, 4.69) is 6.92 Å². The van der Waals surface area contributed by atoms with Crippen LogP contribution in [-0.4, -0.2) is 36.6 Å². The Morgan fingerprint density at radius 2 is 2.07 bits per heavy atom. The van der Waals surface area contributed by atoms with Crippen LogP contribution >= 0.6 is 0 Å². The average Bonchev–Trinajstić information content (AvgIpc) is 2.27. The maximum absolute atomic E-state index is 12.1. The Labute approximate surface area is 86.4 Å².